The Morgan fingerprint density at radius 2 is 1.85 bits per heavy atom. The fraction of sp³-hybridized carbons (Fsp3) is 0.588. The first-order valence-electron chi connectivity index (χ1n) is 15.1. The van der Waals surface area contributed by atoms with Crippen molar-refractivity contribution >= 4 is 11.9 Å². The molecule has 1 amide bonds. The van der Waals surface area contributed by atoms with E-state index in [9.17, 15) is 9.59 Å². The maximum absolute atomic E-state index is 13.0. The Labute approximate surface area is 235 Å². The van der Waals surface area contributed by atoms with Crippen LogP contribution in [0.4, 0.5) is 0 Å². The lowest BCUT2D eigenvalue weighted by atomic mass is 9.57. The molecule has 5 heteroatoms. The average molecular weight is 534 g/mol. The maximum Gasteiger partial charge on any atom is 0.308 e. The Morgan fingerprint density at radius 1 is 1.05 bits per heavy atom. The number of carbonyl (C=O) groups excluding carboxylic acids is 2. The Balaban J connectivity index is 1.40. The summed E-state index contributed by atoms with van der Waals surface area (Å²) in [5.41, 5.74) is 2.64. The quantitative estimate of drug-likeness (QED) is 0.156. The zero-order chi connectivity index (χ0) is 27.9. The van der Waals surface area contributed by atoms with Crippen LogP contribution in [-0.2, 0) is 21.4 Å². The predicted molar refractivity (Wildman–Crippen MR) is 158 cm³/mol. The first kappa shape index (κ1) is 29.3. The van der Waals surface area contributed by atoms with Crippen molar-refractivity contribution in [3.63, 3.8) is 0 Å². The number of benzene rings is 2. The van der Waals surface area contributed by atoms with Gasteiger partial charge in [0.2, 0.25) is 5.91 Å². The summed E-state index contributed by atoms with van der Waals surface area (Å²) in [5.74, 6) is 1.74. The molecule has 1 N–H and O–H groups in total. The average Bonchev–Trinajstić information content (AvgIpc) is 2.88. The van der Waals surface area contributed by atoms with Crippen LogP contribution < -0.4 is 10.1 Å². The number of unbranched alkanes of at least 4 members (excludes halogenated alkanes) is 2. The van der Waals surface area contributed by atoms with Gasteiger partial charge in [0.1, 0.15) is 5.75 Å². The first-order chi connectivity index (χ1) is 18.7. The number of aryl methyl sites for hydroxylation is 1. The second kappa shape index (κ2) is 13.1. The number of carbonyl (C=O) groups is 2. The van der Waals surface area contributed by atoms with Gasteiger partial charge in [-0.25, -0.2) is 0 Å². The number of ether oxygens (including phenoxy) is 1. The number of amides is 1. The molecule has 4 rings (SSSR count). The lowest BCUT2D eigenvalue weighted by molar-refractivity contribution is -0.922. The molecule has 2 aliphatic rings. The molecule has 1 aliphatic heterocycles. The molecule has 0 radical (unpaired) electrons. The monoisotopic (exact) mass is 533 g/mol. The standard InChI is InChI=1S/C34H48N2O3/c1-26(2)24-36(4)21-20-34(29-15-11-16-32(22-29)39-27(3)37)23-31(19-18-30(34)25-36)35-33(38)17-10-6-9-14-28-12-7-5-8-13-28/h5,7-8,11-13,15-16,22,26,30-31H,6,9-10,14,17-21,23-25H2,1-4H3/p+1/t30?,31-,34+,36-/m0/s1. The van der Waals surface area contributed by atoms with Crippen LogP contribution in [0.1, 0.15) is 83.3 Å². The molecule has 2 aromatic rings. The molecule has 212 valence electrons. The van der Waals surface area contributed by atoms with Gasteiger partial charge in [-0.2, -0.15) is 0 Å². The van der Waals surface area contributed by atoms with E-state index in [4.69, 9.17) is 4.74 Å². The van der Waals surface area contributed by atoms with Crippen molar-refractivity contribution in [2.45, 2.75) is 90.0 Å². The van der Waals surface area contributed by atoms with Crippen molar-refractivity contribution in [2.75, 3.05) is 26.7 Å². The molecule has 39 heavy (non-hydrogen) atoms. The highest BCUT2D eigenvalue weighted by Gasteiger charge is 2.52. The van der Waals surface area contributed by atoms with Crippen LogP contribution in [0.25, 0.3) is 0 Å². The highest BCUT2D eigenvalue weighted by atomic mass is 16.5. The molecule has 0 bridgehead atoms. The fourth-order valence-electron chi connectivity index (χ4n) is 7.49. The zero-order valence-electron chi connectivity index (χ0n) is 24.6. The summed E-state index contributed by atoms with van der Waals surface area (Å²) >= 11 is 0. The molecule has 1 aliphatic carbocycles. The number of esters is 1. The summed E-state index contributed by atoms with van der Waals surface area (Å²) in [5, 5.41) is 3.43. The molecule has 1 heterocycles. The lowest BCUT2D eigenvalue weighted by Gasteiger charge is -2.55. The third-order valence-corrected chi connectivity index (χ3v) is 9.07. The second-order valence-electron chi connectivity index (χ2n) is 12.9. The molecule has 0 spiro atoms. The Kier molecular flexibility index (Phi) is 9.87. The summed E-state index contributed by atoms with van der Waals surface area (Å²) < 4.78 is 6.61. The van der Waals surface area contributed by atoms with Gasteiger partial charge in [0, 0.05) is 43.1 Å². The molecule has 1 saturated heterocycles. The van der Waals surface area contributed by atoms with E-state index in [0.717, 1.165) is 68.9 Å². The van der Waals surface area contributed by atoms with Crippen LogP contribution in [0.2, 0.25) is 0 Å². The minimum atomic E-state index is -0.288. The van der Waals surface area contributed by atoms with Crippen molar-refractivity contribution < 1.29 is 18.8 Å². The number of piperidine rings is 1. The number of quaternary nitrogens is 1. The van der Waals surface area contributed by atoms with E-state index in [1.54, 1.807) is 0 Å². The number of rotatable bonds is 11. The van der Waals surface area contributed by atoms with Crippen molar-refractivity contribution in [3.8, 4) is 5.75 Å². The Morgan fingerprint density at radius 3 is 2.59 bits per heavy atom. The molecule has 1 unspecified atom stereocenters. The number of likely N-dealkylation sites (tertiary alicyclic amines) is 1. The molecule has 4 atom stereocenters. The molecule has 2 aromatic carbocycles. The fourth-order valence-corrected chi connectivity index (χ4v) is 7.49. The normalized spacial score (nSPS) is 26.6. The second-order valence-corrected chi connectivity index (χ2v) is 12.9. The summed E-state index contributed by atoms with van der Waals surface area (Å²) in [6.45, 7) is 9.60. The summed E-state index contributed by atoms with van der Waals surface area (Å²) in [6, 6.07) is 19.0. The number of hydrogen-bond donors (Lipinski definition) is 1. The summed E-state index contributed by atoms with van der Waals surface area (Å²) in [7, 11) is 2.42. The van der Waals surface area contributed by atoms with E-state index in [-0.39, 0.29) is 23.3 Å². The minimum absolute atomic E-state index is 0.00320. The van der Waals surface area contributed by atoms with Gasteiger partial charge < -0.3 is 14.5 Å². The van der Waals surface area contributed by atoms with Crippen LogP contribution in [0, 0.1) is 11.8 Å². The largest absolute Gasteiger partial charge is 0.427 e. The topological polar surface area (TPSA) is 55.4 Å². The van der Waals surface area contributed by atoms with Crippen molar-refractivity contribution in [2.24, 2.45) is 11.8 Å². The number of nitrogens with one attached hydrogen (secondary N) is 1. The molecule has 5 nitrogen and oxygen atoms in total. The van der Waals surface area contributed by atoms with Crippen molar-refractivity contribution in [1.82, 2.24) is 5.32 Å². The smallest absolute Gasteiger partial charge is 0.308 e. The van der Waals surface area contributed by atoms with Crippen LogP contribution in [-0.4, -0.2) is 49.1 Å². The van der Waals surface area contributed by atoms with E-state index in [0.29, 0.717) is 24.0 Å². The van der Waals surface area contributed by atoms with Gasteiger partial charge in [0.15, 0.2) is 0 Å². The minimum Gasteiger partial charge on any atom is -0.427 e. The zero-order valence-corrected chi connectivity index (χ0v) is 24.6. The molecular formula is C34H49N2O3+. The molecule has 0 aromatic heterocycles. The van der Waals surface area contributed by atoms with E-state index in [1.807, 2.05) is 12.1 Å². The third-order valence-electron chi connectivity index (χ3n) is 9.07. The Hall–Kier alpha value is -2.66. The molecule has 2 fully saturated rings. The lowest BCUT2D eigenvalue weighted by Crippen LogP contribution is -2.62. The van der Waals surface area contributed by atoms with Gasteiger partial charge >= 0.3 is 5.97 Å². The van der Waals surface area contributed by atoms with Crippen molar-refractivity contribution in [3.05, 3.63) is 65.7 Å². The van der Waals surface area contributed by atoms with Crippen LogP contribution >= 0.6 is 0 Å². The highest BCUT2D eigenvalue weighted by molar-refractivity contribution is 5.76. The van der Waals surface area contributed by atoms with Gasteiger partial charge in [-0.05, 0) is 61.8 Å². The number of hydrogen-bond acceptors (Lipinski definition) is 3. The van der Waals surface area contributed by atoms with Crippen LogP contribution in [0.3, 0.4) is 0 Å². The van der Waals surface area contributed by atoms with E-state index < -0.39 is 0 Å². The van der Waals surface area contributed by atoms with E-state index >= 15 is 0 Å². The van der Waals surface area contributed by atoms with Gasteiger partial charge in [-0.15, -0.1) is 0 Å². The first-order valence-corrected chi connectivity index (χ1v) is 15.1. The van der Waals surface area contributed by atoms with E-state index in [2.05, 4.69) is 68.7 Å². The summed E-state index contributed by atoms with van der Waals surface area (Å²) in [6.07, 6.45) is 9.03. The van der Waals surface area contributed by atoms with Gasteiger partial charge in [-0.1, -0.05) is 62.7 Å². The summed E-state index contributed by atoms with van der Waals surface area (Å²) in [4.78, 5) is 24.6. The maximum atomic E-state index is 13.0. The molecular weight excluding hydrogens is 484 g/mol. The van der Waals surface area contributed by atoms with E-state index in [1.165, 1.54) is 24.6 Å². The van der Waals surface area contributed by atoms with Crippen LogP contribution in [0.5, 0.6) is 5.75 Å². The Bertz CT molecular complexity index is 1100. The highest BCUT2D eigenvalue weighted by Crippen LogP contribution is 2.51. The van der Waals surface area contributed by atoms with Crippen molar-refractivity contribution in [1.29, 1.82) is 0 Å². The predicted octanol–water partition coefficient (Wildman–Crippen LogP) is 6.44. The third kappa shape index (κ3) is 7.94. The molecule has 1 saturated carbocycles. The number of nitrogens with zero attached hydrogens (tertiary/aromatic N) is 1. The van der Waals surface area contributed by atoms with Gasteiger partial charge in [0.25, 0.3) is 0 Å². The van der Waals surface area contributed by atoms with Crippen LogP contribution in [0.15, 0.2) is 54.6 Å². The van der Waals surface area contributed by atoms with Gasteiger partial charge in [-0.3, -0.25) is 9.59 Å². The number of fused-ring (bicyclic) bond motifs is 1. The van der Waals surface area contributed by atoms with Gasteiger partial charge in [0.05, 0.1) is 26.7 Å². The SMILES string of the molecule is CC(=O)Oc1cccc([C@]23CC[N@@+](C)(CC(C)C)CC2CC[C@H](NC(=O)CCCCCc2ccccc2)C3)c1.